The number of phenolic OH excluding ortho intramolecular Hbond substituents is 1. The van der Waals surface area contributed by atoms with Crippen LogP contribution in [0.3, 0.4) is 0 Å². The highest BCUT2D eigenvalue weighted by Crippen LogP contribution is 2.54. The second-order valence-corrected chi connectivity index (χ2v) is 10.7. The number of carbonyl (C=O) groups excluding carboxylic acids is 3. The molecular weight excluding hydrogens is 572 g/mol. The Morgan fingerprint density at radius 3 is 2.27 bits per heavy atom. The summed E-state index contributed by atoms with van der Waals surface area (Å²) < 4.78 is 31.6. The third-order valence-electron chi connectivity index (χ3n) is 7.26. The minimum Gasteiger partial charge on any atom is -0.508 e. The molecule has 0 saturated heterocycles. The number of hydrogen-bond acceptors (Lipinski definition) is 13. The van der Waals surface area contributed by atoms with Gasteiger partial charge in [0.2, 0.25) is 11.5 Å². The van der Waals surface area contributed by atoms with Crippen molar-refractivity contribution >= 4 is 45.0 Å². The average molecular weight is 601 g/mol. The lowest BCUT2D eigenvalue weighted by atomic mass is 9.57. The van der Waals surface area contributed by atoms with Crippen LogP contribution in [0.25, 0.3) is 5.76 Å². The quantitative estimate of drug-likeness (QED) is 0.0704. The lowest BCUT2D eigenvalue weighted by Crippen LogP contribution is -2.65. The van der Waals surface area contributed by atoms with E-state index in [2.05, 4.69) is 5.32 Å². The van der Waals surface area contributed by atoms with Gasteiger partial charge in [0.1, 0.15) is 17.1 Å². The molecule has 2 unspecified atom stereocenters. The fourth-order valence-electron chi connectivity index (χ4n) is 5.78. The zero-order chi connectivity index (χ0) is 31.4. The van der Waals surface area contributed by atoms with E-state index in [9.17, 15) is 44.9 Å². The molecule has 1 fully saturated rings. The van der Waals surface area contributed by atoms with E-state index in [1.54, 1.807) is 6.92 Å². The molecule has 0 aromatic heterocycles. The van der Waals surface area contributed by atoms with Crippen molar-refractivity contribution in [3.63, 3.8) is 0 Å². The highest BCUT2D eigenvalue weighted by molar-refractivity contribution is 7.79. The number of nitro benzene ring substituents is 1. The predicted octanol–water partition coefficient (Wildman–Crippen LogP) is -0.349. The Morgan fingerprint density at radius 2 is 1.80 bits per heavy atom. The number of hydrogen-bond donors (Lipinski definition) is 8. The van der Waals surface area contributed by atoms with Crippen LogP contribution in [0.2, 0.25) is 0 Å². The molecule has 224 valence electrons. The average Bonchev–Trinajstić information content (AvgIpc) is 2.81. The summed E-state index contributed by atoms with van der Waals surface area (Å²) in [4.78, 5) is 50.9. The van der Waals surface area contributed by atoms with Crippen molar-refractivity contribution in [1.29, 1.82) is 0 Å². The van der Waals surface area contributed by atoms with E-state index in [0.29, 0.717) is 12.1 Å². The molecule has 3 aliphatic rings. The maximum Gasteiger partial charge on any atom is 0.394 e. The SMILES string of the molecule is CCNc1cc([N+](=O)[O-])c(O)c2c1CC1CC3[C@H](N(C)C)C(=O)C(C(N)=O)=C(O)[C@@]3(O)C(=O)C1=C2O.O=S(=O)(O)O. The van der Waals surface area contributed by atoms with Crippen LogP contribution in [0.4, 0.5) is 11.4 Å². The molecule has 0 bridgehead atoms. The molecule has 4 rings (SSSR count). The van der Waals surface area contributed by atoms with Crippen molar-refractivity contribution in [3.8, 4) is 5.75 Å². The number of carbonyl (C=O) groups is 3. The summed E-state index contributed by atoms with van der Waals surface area (Å²) in [7, 11) is -1.65. The van der Waals surface area contributed by atoms with Gasteiger partial charge >= 0.3 is 16.1 Å². The highest BCUT2D eigenvalue weighted by Gasteiger charge is 2.64. The number of amides is 1. The summed E-state index contributed by atoms with van der Waals surface area (Å²) >= 11 is 0. The molecule has 9 N–H and O–H groups in total. The van der Waals surface area contributed by atoms with E-state index in [4.69, 9.17) is 23.3 Å². The van der Waals surface area contributed by atoms with Crippen LogP contribution < -0.4 is 11.1 Å². The number of benzene rings is 1. The number of Topliss-reactive ketones (excluding diaryl/α,β-unsaturated/α-hetero) is 2. The largest absolute Gasteiger partial charge is 0.508 e. The molecule has 0 heterocycles. The van der Waals surface area contributed by atoms with E-state index in [0.717, 1.165) is 6.07 Å². The number of rotatable bonds is 5. The fraction of sp³-hybridized carbons (Fsp3) is 0.435. The first kappa shape index (κ1) is 31.4. The fourth-order valence-corrected chi connectivity index (χ4v) is 5.78. The number of primary amides is 1. The molecule has 1 aromatic rings. The van der Waals surface area contributed by atoms with Crippen molar-refractivity contribution in [2.45, 2.75) is 31.4 Å². The molecule has 3 aliphatic carbocycles. The van der Waals surface area contributed by atoms with Crippen molar-refractivity contribution in [1.82, 2.24) is 4.90 Å². The van der Waals surface area contributed by atoms with Gasteiger partial charge in [-0.05, 0) is 45.3 Å². The van der Waals surface area contributed by atoms with Crippen molar-refractivity contribution in [3.05, 3.63) is 44.2 Å². The number of nitrogens with one attached hydrogen (secondary N) is 1. The van der Waals surface area contributed by atoms with E-state index in [-0.39, 0.29) is 29.7 Å². The van der Waals surface area contributed by atoms with Gasteiger partial charge in [0.05, 0.1) is 16.5 Å². The topological polar surface area (TPSA) is 291 Å². The number of fused-ring (bicyclic) bond motifs is 3. The Kier molecular flexibility index (Phi) is 8.21. The van der Waals surface area contributed by atoms with E-state index in [1.807, 2.05) is 0 Å². The number of aliphatic hydroxyl groups excluding tert-OH is 2. The third kappa shape index (κ3) is 5.22. The van der Waals surface area contributed by atoms with Crippen molar-refractivity contribution in [2.75, 3.05) is 26.0 Å². The number of nitrogens with zero attached hydrogens (tertiary/aromatic N) is 2. The van der Waals surface area contributed by atoms with Gasteiger partial charge in [0, 0.05) is 29.8 Å². The zero-order valence-corrected chi connectivity index (χ0v) is 22.7. The number of ketones is 2. The number of aromatic hydroxyl groups is 1. The maximum atomic E-state index is 13.8. The Balaban J connectivity index is 0.000000850. The van der Waals surface area contributed by atoms with Gasteiger partial charge in [-0.1, -0.05) is 0 Å². The molecule has 1 aromatic carbocycles. The molecule has 18 heteroatoms. The molecule has 0 spiro atoms. The van der Waals surface area contributed by atoms with Crippen LogP contribution in [-0.4, -0.2) is 97.5 Å². The van der Waals surface area contributed by atoms with Crippen LogP contribution in [-0.2, 0) is 31.2 Å². The van der Waals surface area contributed by atoms with Gasteiger partial charge in [-0.3, -0.25) is 38.5 Å². The maximum absolute atomic E-state index is 13.8. The Labute approximate surface area is 232 Å². The minimum absolute atomic E-state index is 0.0302. The molecule has 4 atom stereocenters. The Hall–Kier alpha value is -4.10. The van der Waals surface area contributed by atoms with Crippen LogP contribution in [0.5, 0.6) is 5.75 Å². The normalized spacial score (nSPS) is 25.6. The summed E-state index contributed by atoms with van der Waals surface area (Å²) in [5.74, 6) is -8.18. The second kappa shape index (κ2) is 10.7. The molecule has 41 heavy (non-hydrogen) atoms. The lowest BCUT2D eigenvalue weighted by molar-refractivity contribution is -0.385. The summed E-state index contributed by atoms with van der Waals surface area (Å²) in [6, 6.07) is -0.0573. The minimum atomic E-state index is -4.67. The van der Waals surface area contributed by atoms with Gasteiger partial charge in [-0.25, -0.2) is 0 Å². The van der Waals surface area contributed by atoms with Crippen LogP contribution in [0, 0.1) is 22.0 Å². The van der Waals surface area contributed by atoms with Gasteiger partial charge in [-0.15, -0.1) is 0 Å². The highest BCUT2D eigenvalue weighted by atomic mass is 32.3. The smallest absolute Gasteiger partial charge is 0.394 e. The molecule has 0 aliphatic heterocycles. The monoisotopic (exact) mass is 600 g/mol. The first-order valence-electron chi connectivity index (χ1n) is 11.9. The first-order valence-corrected chi connectivity index (χ1v) is 13.3. The van der Waals surface area contributed by atoms with Gasteiger partial charge in [0.25, 0.3) is 5.91 Å². The summed E-state index contributed by atoms with van der Waals surface area (Å²) in [6.07, 6.45) is -0.0441. The Bertz CT molecular complexity index is 1520. The summed E-state index contributed by atoms with van der Waals surface area (Å²) in [6.45, 7) is 2.11. The predicted molar refractivity (Wildman–Crippen MR) is 139 cm³/mol. The summed E-state index contributed by atoms with van der Waals surface area (Å²) in [5.41, 5.74) is 0.786. The van der Waals surface area contributed by atoms with Crippen molar-refractivity contribution in [2.24, 2.45) is 17.6 Å². The molecule has 1 saturated carbocycles. The van der Waals surface area contributed by atoms with Crippen LogP contribution in [0.1, 0.15) is 24.5 Å². The number of phenols is 1. The van der Waals surface area contributed by atoms with Gasteiger partial charge in [0.15, 0.2) is 11.4 Å². The standard InChI is InChI=1S/C23H26N4O9.H2O4S/c1-4-25-11-7-12(27(35)36)17(28)14-9(11)5-8-6-10-16(26(2)3)19(30)15(22(24)33)21(32)23(10,34)20(31)13(8)18(14)29;1-5(2,3)4/h7-8,10,16,25,28-29,32,34H,4-6H2,1-3H3,(H2,24,33);(H2,1,2,3,4)/t8?,10?,16-,23-;/m0./s1. The third-order valence-corrected chi connectivity index (χ3v) is 7.26. The zero-order valence-electron chi connectivity index (χ0n) is 21.9. The van der Waals surface area contributed by atoms with Gasteiger partial charge < -0.3 is 31.5 Å². The Morgan fingerprint density at radius 1 is 1.24 bits per heavy atom. The lowest BCUT2D eigenvalue weighted by Gasteiger charge is -2.50. The first-order chi connectivity index (χ1) is 18.8. The van der Waals surface area contributed by atoms with E-state index >= 15 is 0 Å². The number of aliphatic hydroxyl groups is 3. The van der Waals surface area contributed by atoms with Gasteiger partial charge in [-0.2, -0.15) is 8.42 Å². The molecule has 17 nitrogen and oxygen atoms in total. The van der Waals surface area contributed by atoms with Crippen molar-refractivity contribution < 1.29 is 57.3 Å². The number of anilines is 1. The second-order valence-electron chi connectivity index (χ2n) is 9.84. The van der Waals surface area contributed by atoms with Crippen LogP contribution in [0.15, 0.2) is 23.0 Å². The summed E-state index contributed by atoms with van der Waals surface area (Å²) in [5, 5.41) is 58.7. The number of likely N-dealkylation sites (N-methyl/N-ethyl adjacent to an activating group) is 1. The van der Waals surface area contributed by atoms with E-state index in [1.165, 1.54) is 19.0 Å². The molecule has 0 radical (unpaired) electrons. The van der Waals surface area contributed by atoms with Crippen LogP contribution >= 0.6 is 0 Å². The molecule has 1 amide bonds. The number of nitro groups is 1. The molecular formula is C23H28N4O13S. The van der Waals surface area contributed by atoms with E-state index < -0.39 is 84.8 Å². The number of nitrogens with two attached hydrogens (primary N) is 1.